The first-order valence-electron chi connectivity index (χ1n) is 7.96. The number of allylic oxidation sites excluding steroid dienone is 1. The van der Waals surface area contributed by atoms with Crippen molar-refractivity contribution in [2.24, 2.45) is 0 Å². The number of benzene rings is 2. The van der Waals surface area contributed by atoms with Crippen LogP contribution in [0, 0.1) is 0 Å². The van der Waals surface area contributed by atoms with Crippen LogP contribution in [0.3, 0.4) is 0 Å². The topological polar surface area (TPSA) is 57.6 Å². The highest BCUT2D eigenvalue weighted by molar-refractivity contribution is 6.10. The largest absolute Gasteiger partial charge is 0.375 e. The Labute approximate surface area is 141 Å². The molecule has 0 aromatic heterocycles. The Morgan fingerprint density at radius 1 is 1.12 bits per heavy atom. The van der Waals surface area contributed by atoms with Crippen LogP contribution in [0.5, 0.6) is 0 Å². The van der Waals surface area contributed by atoms with Crippen LogP contribution in [-0.2, 0) is 15.2 Å². The molecule has 0 radical (unpaired) electrons. The van der Waals surface area contributed by atoms with Gasteiger partial charge >= 0.3 is 0 Å². The lowest BCUT2D eigenvalue weighted by atomic mass is 9.90. The van der Waals surface area contributed by atoms with Crippen molar-refractivity contribution >= 4 is 23.5 Å². The van der Waals surface area contributed by atoms with Gasteiger partial charge in [0.2, 0.25) is 0 Å². The van der Waals surface area contributed by atoms with Crippen molar-refractivity contribution < 1.29 is 14.7 Å². The number of ketones is 1. The summed E-state index contributed by atoms with van der Waals surface area (Å²) in [4.78, 5) is 26.5. The Hall–Kier alpha value is -2.72. The summed E-state index contributed by atoms with van der Waals surface area (Å²) in [7, 11) is 0. The van der Waals surface area contributed by atoms with Gasteiger partial charge in [-0.3, -0.25) is 9.59 Å². The molecule has 1 atom stereocenters. The van der Waals surface area contributed by atoms with E-state index in [0.717, 1.165) is 5.56 Å². The zero-order valence-corrected chi connectivity index (χ0v) is 13.5. The van der Waals surface area contributed by atoms with Crippen molar-refractivity contribution in [3.05, 3.63) is 71.8 Å². The molecule has 0 spiro atoms. The summed E-state index contributed by atoms with van der Waals surface area (Å²) in [5, 5.41) is 10.9. The highest BCUT2D eigenvalue weighted by atomic mass is 16.3. The lowest BCUT2D eigenvalue weighted by Crippen LogP contribution is -2.41. The van der Waals surface area contributed by atoms with Crippen molar-refractivity contribution in [1.82, 2.24) is 0 Å². The molecule has 0 saturated heterocycles. The molecule has 4 nitrogen and oxygen atoms in total. The number of nitrogens with zero attached hydrogens (tertiary/aromatic N) is 1. The highest BCUT2D eigenvalue weighted by Crippen LogP contribution is 2.42. The standard InChI is InChI=1S/C20H19NO3/c1-2-21-18-11-7-6-10-17(18)20(24,19(21)23)14-16(22)13-12-15-8-4-3-5-9-15/h3-13,24H,2,14H2,1H3/b13-12+/t20-/m0/s1. The lowest BCUT2D eigenvalue weighted by Gasteiger charge is -2.21. The molecule has 1 aliphatic heterocycles. The molecule has 0 unspecified atom stereocenters. The molecule has 3 rings (SSSR count). The number of carbonyl (C=O) groups is 2. The number of carbonyl (C=O) groups excluding carboxylic acids is 2. The fourth-order valence-corrected chi connectivity index (χ4v) is 3.06. The molecule has 24 heavy (non-hydrogen) atoms. The molecule has 0 saturated carbocycles. The van der Waals surface area contributed by atoms with Gasteiger partial charge in [-0.1, -0.05) is 54.6 Å². The Morgan fingerprint density at radius 2 is 1.79 bits per heavy atom. The first-order valence-corrected chi connectivity index (χ1v) is 7.96. The molecule has 1 amide bonds. The third-order valence-electron chi connectivity index (χ3n) is 4.25. The van der Waals surface area contributed by atoms with E-state index in [2.05, 4.69) is 0 Å². The molecular weight excluding hydrogens is 302 g/mol. The van der Waals surface area contributed by atoms with Crippen molar-refractivity contribution in [3.63, 3.8) is 0 Å². The van der Waals surface area contributed by atoms with Crippen LogP contribution in [0.2, 0.25) is 0 Å². The molecule has 122 valence electrons. The molecule has 0 bridgehead atoms. The van der Waals surface area contributed by atoms with E-state index in [0.29, 0.717) is 17.8 Å². The quantitative estimate of drug-likeness (QED) is 0.862. The van der Waals surface area contributed by atoms with E-state index in [1.807, 2.05) is 43.3 Å². The predicted octanol–water partition coefficient (Wildman–Crippen LogP) is 2.91. The second kappa shape index (κ2) is 6.42. The summed E-state index contributed by atoms with van der Waals surface area (Å²) in [6.45, 7) is 2.30. The van der Waals surface area contributed by atoms with Crippen molar-refractivity contribution in [2.75, 3.05) is 11.4 Å². The second-order valence-electron chi connectivity index (χ2n) is 5.81. The van der Waals surface area contributed by atoms with Gasteiger partial charge in [0.1, 0.15) is 0 Å². The molecule has 2 aromatic rings. The van der Waals surface area contributed by atoms with Crippen LogP contribution in [-0.4, -0.2) is 23.3 Å². The normalized spacial score (nSPS) is 19.8. The van der Waals surface area contributed by atoms with E-state index in [4.69, 9.17) is 0 Å². The minimum absolute atomic E-state index is 0.261. The summed E-state index contributed by atoms with van der Waals surface area (Å²) < 4.78 is 0. The summed E-state index contributed by atoms with van der Waals surface area (Å²) >= 11 is 0. The Kier molecular flexibility index (Phi) is 4.32. The van der Waals surface area contributed by atoms with Crippen molar-refractivity contribution in [3.8, 4) is 0 Å². The monoisotopic (exact) mass is 321 g/mol. The number of hydrogen-bond donors (Lipinski definition) is 1. The third-order valence-corrected chi connectivity index (χ3v) is 4.25. The van der Waals surface area contributed by atoms with Gasteiger partial charge in [0, 0.05) is 12.1 Å². The van der Waals surface area contributed by atoms with Gasteiger partial charge in [0.05, 0.1) is 12.1 Å². The van der Waals surface area contributed by atoms with Crippen molar-refractivity contribution in [2.45, 2.75) is 18.9 Å². The van der Waals surface area contributed by atoms with Gasteiger partial charge in [0.25, 0.3) is 5.91 Å². The number of amides is 1. The second-order valence-corrected chi connectivity index (χ2v) is 5.81. The van der Waals surface area contributed by atoms with Gasteiger partial charge in [-0.05, 0) is 24.6 Å². The molecule has 1 heterocycles. The SMILES string of the molecule is CCN1C(=O)[C@](O)(CC(=O)/C=C/c2ccccc2)c2ccccc21. The first kappa shape index (κ1) is 16.1. The smallest absolute Gasteiger partial charge is 0.264 e. The maximum absolute atomic E-state index is 12.6. The number of fused-ring (bicyclic) bond motifs is 1. The van der Waals surface area contributed by atoms with Crippen LogP contribution in [0.25, 0.3) is 6.08 Å². The average Bonchev–Trinajstić information content (AvgIpc) is 2.82. The van der Waals surface area contributed by atoms with E-state index in [-0.39, 0.29) is 12.2 Å². The summed E-state index contributed by atoms with van der Waals surface area (Å²) in [5.74, 6) is -0.727. The molecular formula is C20H19NO3. The third kappa shape index (κ3) is 2.76. The fraction of sp³-hybridized carbons (Fsp3) is 0.200. The zero-order valence-electron chi connectivity index (χ0n) is 13.5. The predicted molar refractivity (Wildman–Crippen MR) is 93.5 cm³/mol. The maximum atomic E-state index is 12.6. The van der Waals surface area contributed by atoms with Crippen molar-refractivity contribution in [1.29, 1.82) is 0 Å². The van der Waals surface area contributed by atoms with Crippen LogP contribution in [0.4, 0.5) is 5.69 Å². The minimum atomic E-state index is -1.79. The van der Waals surface area contributed by atoms with Crippen LogP contribution < -0.4 is 4.90 Å². The van der Waals surface area contributed by atoms with E-state index < -0.39 is 11.5 Å². The summed E-state index contributed by atoms with van der Waals surface area (Å²) in [6.07, 6.45) is 2.84. The van der Waals surface area contributed by atoms with E-state index in [1.54, 1.807) is 24.3 Å². The molecule has 2 aromatic carbocycles. The Balaban J connectivity index is 1.85. The minimum Gasteiger partial charge on any atom is -0.375 e. The molecule has 4 heteroatoms. The van der Waals surface area contributed by atoms with Gasteiger partial charge in [0.15, 0.2) is 11.4 Å². The van der Waals surface area contributed by atoms with E-state index in [1.165, 1.54) is 11.0 Å². The van der Waals surface area contributed by atoms with Gasteiger partial charge in [-0.25, -0.2) is 0 Å². The number of para-hydroxylation sites is 1. The van der Waals surface area contributed by atoms with Gasteiger partial charge in [-0.2, -0.15) is 0 Å². The van der Waals surface area contributed by atoms with Gasteiger partial charge in [-0.15, -0.1) is 0 Å². The Bertz CT molecular complexity index is 798. The number of likely N-dealkylation sites (N-methyl/N-ethyl adjacent to an activating group) is 1. The molecule has 1 aliphatic rings. The zero-order chi connectivity index (χ0) is 17.2. The number of hydrogen-bond acceptors (Lipinski definition) is 3. The first-order chi connectivity index (χ1) is 11.6. The number of anilines is 1. The van der Waals surface area contributed by atoms with Crippen LogP contribution >= 0.6 is 0 Å². The molecule has 0 fully saturated rings. The highest BCUT2D eigenvalue weighted by Gasteiger charge is 2.49. The molecule has 0 aliphatic carbocycles. The summed E-state index contributed by atoms with van der Waals surface area (Å²) in [6, 6.07) is 16.5. The van der Waals surface area contributed by atoms with E-state index >= 15 is 0 Å². The Morgan fingerprint density at radius 3 is 2.50 bits per heavy atom. The molecule has 1 N–H and O–H groups in total. The van der Waals surface area contributed by atoms with E-state index in [9.17, 15) is 14.7 Å². The number of rotatable bonds is 5. The maximum Gasteiger partial charge on any atom is 0.264 e. The lowest BCUT2D eigenvalue weighted by molar-refractivity contribution is -0.140. The van der Waals surface area contributed by atoms with Crippen LogP contribution in [0.15, 0.2) is 60.7 Å². The fourth-order valence-electron chi connectivity index (χ4n) is 3.06. The summed E-state index contributed by atoms with van der Waals surface area (Å²) in [5.41, 5.74) is 0.280. The van der Waals surface area contributed by atoms with Gasteiger partial charge < -0.3 is 10.0 Å². The number of aliphatic hydroxyl groups is 1. The average molecular weight is 321 g/mol. The van der Waals surface area contributed by atoms with Crippen LogP contribution in [0.1, 0.15) is 24.5 Å².